The van der Waals surface area contributed by atoms with Crippen LogP contribution in [0.15, 0.2) is 6.08 Å². The zero-order chi connectivity index (χ0) is 16.9. The number of allylic oxidation sites excluding steroid dienone is 1. The standard InChI is InChI=1S/C22H34O2/c1-21-11-8-15(10-13-23)14-16(21)4-5-17-18-6-7-20(24-3)22(18,2)12-9-19(17)21/h10,15-20H,4-9,11-12,14H2,1-3H3/t15?,16?,17-,18-,19+,20?,21-,22-/m0/s1. The summed E-state index contributed by atoms with van der Waals surface area (Å²) in [5.74, 6) is 6.09. The van der Waals surface area contributed by atoms with Gasteiger partial charge >= 0.3 is 0 Å². The van der Waals surface area contributed by atoms with Crippen molar-refractivity contribution in [2.75, 3.05) is 7.11 Å². The third kappa shape index (κ3) is 2.29. The zero-order valence-electron chi connectivity index (χ0n) is 15.7. The Morgan fingerprint density at radius 1 is 0.958 bits per heavy atom. The first kappa shape index (κ1) is 16.9. The molecule has 0 saturated heterocycles. The van der Waals surface area contributed by atoms with Crippen molar-refractivity contribution in [3.05, 3.63) is 6.08 Å². The lowest BCUT2D eigenvalue weighted by Crippen LogP contribution is -2.54. The maximum Gasteiger partial charge on any atom is 0.120 e. The molecule has 0 aliphatic heterocycles. The van der Waals surface area contributed by atoms with Crippen molar-refractivity contribution in [1.29, 1.82) is 0 Å². The first-order chi connectivity index (χ1) is 11.5. The van der Waals surface area contributed by atoms with Gasteiger partial charge in [-0.15, -0.1) is 0 Å². The number of methoxy groups -OCH3 is 1. The Morgan fingerprint density at radius 2 is 1.71 bits per heavy atom. The molecule has 4 rings (SSSR count). The largest absolute Gasteiger partial charge is 0.381 e. The van der Waals surface area contributed by atoms with Gasteiger partial charge in [0, 0.05) is 13.2 Å². The van der Waals surface area contributed by atoms with E-state index in [4.69, 9.17) is 4.74 Å². The van der Waals surface area contributed by atoms with E-state index in [2.05, 4.69) is 19.8 Å². The normalized spacial score (nSPS) is 53.5. The van der Waals surface area contributed by atoms with Crippen LogP contribution in [-0.2, 0) is 9.53 Å². The molecular formula is C22H34O2. The third-order valence-corrected chi connectivity index (χ3v) is 9.21. The molecule has 0 spiro atoms. The van der Waals surface area contributed by atoms with Gasteiger partial charge in [0.1, 0.15) is 5.94 Å². The molecule has 0 amide bonds. The van der Waals surface area contributed by atoms with Gasteiger partial charge in [-0.25, -0.2) is 4.79 Å². The molecule has 0 bridgehead atoms. The number of fused-ring (bicyclic) bond motifs is 5. The predicted molar refractivity (Wildman–Crippen MR) is 96.3 cm³/mol. The van der Waals surface area contributed by atoms with Crippen molar-refractivity contribution in [1.82, 2.24) is 0 Å². The highest BCUT2D eigenvalue weighted by Gasteiger charge is 2.60. The summed E-state index contributed by atoms with van der Waals surface area (Å²) in [6.45, 7) is 5.12. The number of rotatable bonds is 2. The average molecular weight is 331 g/mol. The topological polar surface area (TPSA) is 26.3 Å². The Bertz CT molecular complexity index is 536. The van der Waals surface area contributed by atoms with Crippen LogP contribution in [0, 0.1) is 40.4 Å². The number of ether oxygens (including phenoxy) is 1. The second-order valence-corrected chi connectivity index (χ2v) is 9.82. The van der Waals surface area contributed by atoms with Crippen molar-refractivity contribution in [3.63, 3.8) is 0 Å². The minimum Gasteiger partial charge on any atom is -0.381 e. The van der Waals surface area contributed by atoms with E-state index in [1.165, 1.54) is 57.8 Å². The van der Waals surface area contributed by atoms with Gasteiger partial charge < -0.3 is 4.74 Å². The van der Waals surface area contributed by atoms with Crippen LogP contribution in [0.2, 0.25) is 0 Å². The lowest BCUT2D eigenvalue weighted by atomic mass is 9.44. The van der Waals surface area contributed by atoms with E-state index in [-0.39, 0.29) is 0 Å². The van der Waals surface area contributed by atoms with Crippen LogP contribution >= 0.6 is 0 Å². The van der Waals surface area contributed by atoms with Crippen molar-refractivity contribution < 1.29 is 9.53 Å². The van der Waals surface area contributed by atoms with Crippen LogP contribution in [0.5, 0.6) is 0 Å². The fourth-order valence-electron chi connectivity index (χ4n) is 7.88. The van der Waals surface area contributed by atoms with Gasteiger partial charge in [-0.1, -0.05) is 13.8 Å². The predicted octanol–water partition coefficient (Wildman–Crippen LogP) is 5.05. The molecule has 4 fully saturated rings. The van der Waals surface area contributed by atoms with E-state index in [1.807, 2.05) is 13.2 Å². The Hall–Kier alpha value is -0.590. The molecule has 0 radical (unpaired) electrons. The lowest BCUT2D eigenvalue weighted by molar-refractivity contribution is -0.128. The van der Waals surface area contributed by atoms with Gasteiger partial charge in [0.25, 0.3) is 0 Å². The summed E-state index contributed by atoms with van der Waals surface area (Å²) in [5.41, 5.74) is 0.944. The second kappa shape index (κ2) is 5.99. The Balaban J connectivity index is 1.57. The van der Waals surface area contributed by atoms with Gasteiger partial charge in [0.05, 0.1) is 6.10 Å². The monoisotopic (exact) mass is 330 g/mol. The van der Waals surface area contributed by atoms with Gasteiger partial charge in [-0.05, 0) is 98.2 Å². The molecule has 8 atom stereocenters. The summed E-state index contributed by atoms with van der Waals surface area (Å²) in [6.07, 6.45) is 14.3. The molecule has 3 unspecified atom stereocenters. The molecule has 0 N–H and O–H groups in total. The fourth-order valence-corrected chi connectivity index (χ4v) is 7.88. The third-order valence-electron chi connectivity index (χ3n) is 9.21. The first-order valence-electron chi connectivity index (χ1n) is 10.3. The minimum atomic E-state index is 0.427. The minimum absolute atomic E-state index is 0.427. The van der Waals surface area contributed by atoms with Crippen LogP contribution in [0.4, 0.5) is 0 Å². The van der Waals surface area contributed by atoms with Gasteiger partial charge in [0.2, 0.25) is 0 Å². The van der Waals surface area contributed by atoms with Crippen LogP contribution < -0.4 is 0 Å². The SMILES string of the molecule is COC1CC[C@H]2[C@@H]3CCC4CC(C=C=O)CC[C@]4(C)[C@@H]3CC[C@]12C. The molecule has 0 aromatic heterocycles. The smallest absolute Gasteiger partial charge is 0.120 e. The van der Waals surface area contributed by atoms with Gasteiger partial charge in [-0.2, -0.15) is 0 Å². The van der Waals surface area contributed by atoms with E-state index in [0.29, 0.717) is 22.9 Å². The summed E-state index contributed by atoms with van der Waals surface area (Å²) in [4.78, 5) is 10.8. The highest BCUT2D eigenvalue weighted by atomic mass is 16.5. The van der Waals surface area contributed by atoms with E-state index in [1.54, 1.807) is 0 Å². The number of carbonyl (C=O) groups excluding carboxylic acids is 1. The van der Waals surface area contributed by atoms with E-state index >= 15 is 0 Å². The van der Waals surface area contributed by atoms with E-state index < -0.39 is 0 Å². The summed E-state index contributed by atoms with van der Waals surface area (Å²) in [6, 6.07) is 0. The average Bonchev–Trinajstić information content (AvgIpc) is 2.92. The van der Waals surface area contributed by atoms with Crippen LogP contribution in [0.3, 0.4) is 0 Å². The maximum absolute atomic E-state index is 10.8. The highest BCUT2D eigenvalue weighted by molar-refractivity contribution is 5.45. The van der Waals surface area contributed by atoms with Crippen LogP contribution in [0.25, 0.3) is 0 Å². The zero-order valence-corrected chi connectivity index (χ0v) is 15.7. The molecule has 0 heterocycles. The quantitative estimate of drug-likeness (QED) is 0.662. The lowest BCUT2D eigenvalue weighted by Gasteiger charge is -2.61. The molecular weight excluding hydrogens is 296 g/mol. The van der Waals surface area contributed by atoms with Crippen molar-refractivity contribution in [2.45, 2.75) is 77.7 Å². The Kier molecular flexibility index (Phi) is 4.21. The molecule has 2 heteroatoms. The molecule has 4 aliphatic rings. The maximum atomic E-state index is 10.8. The molecule has 2 nitrogen and oxygen atoms in total. The van der Waals surface area contributed by atoms with Crippen molar-refractivity contribution in [2.24, 2.45) is 40.4 Å². The summed E-state index contributed by atoms with van der Waals surface area (Å²) in [5, 5.41) is 0. The number of hydrogen-bond donors (Lipinski definition) is 0. The summed E-state index contributed by atoms with van der Waals surface area (Å²) < 4.78 is 5.90. The van der Waals surface area contributed by atoms with Crippen molar-refractivity contribution >= 4 is 5.94 Å². The molecule has 134 valence electrons. The van der Waals surface area contributed by atoms with Gasteiger partial charge in [-0.3, -0.25) is 0 Å². The molecule has 4 saturated carbocycles. The van der Waals surface area contributed by atoms with Crippen LogP contribution in [0.1, 0.15) is 71.6 Å². The number of hydrogen-bond acceptors (Lipinski definition) is 2. The molecule has 0 aromatic carbocycles. The van der Waals surface area contributed by atoms with Crippen molar-refractivity contribution in [3.8, 4) is 0 Å². The van der Waals surface area contributed by atoms with Crippen LogP contribution in [-0.4, -0.2) is 19.2 Å². The van der Waals surface area contributed by atoms with E-state index in [0.717, 1.165) is 23.7 Å². The van der Waals surface area contributed by atoms with E-state index in [9.17, 15) is 4.79 Å². The Morgan fingerprint density at radius 3 is 2.46 bits per heavy atom. The Labute approximate surface area is 147 Å². The van der Waals surface area contributed by atoms with Gasteiger partial charge in [0.15, 0.2) is 0 Å². The fraction of sp³-hybridized carbons (Fsp3) is 0.909. The summed E-state index contributed by atoms with van der Waals surface area (Å²) >= 11 is 0. The summed E-state index contributed by atoms with van der Waals surface area (Å²) in [7, 11) is 1.92. The first-order valence-corrected chi connectivity index (χ1v) is 10.3. The molecule has 24 heavy (non-hydrogen) atoms. The molecule has 4 aliphatic carbocycles. The highest BCUT2D eigenvalue weighted by Crippen LogP contribution is 2.66. The second-order valence-electron chi connectivity index (χ2n) is 9.82. The molecule has 0 aromatic rings.